The smallest absolute Gasteiger partial charge is 0.238 e. The van der Waals surface area contributed by atoms with Crippen molar-refractivity contribution < 1.29 is 4.74 Å². The number of hydrogen-bond donors (Lipinski definition) is 1. The van der Waals surface area contributed by atoms with Gasteiger partial charge in [-0.3, -0.25) is 4.57 Å². The molecule has 6 heteroatoms. The predicted octanol–water partition coefficient (Wildman–Crippen LogP) is 2.41. The van der Waals surface area contributed by atoms with Crippen LogP contribution in [0.5, 0.6) is 5.75 Å². The van der Waals surface area contributed by atoms with Crippen molar-refractivity contribution in [2.75, 3.05) is 12.4 Å². The van der Waals surface area contributed by atoms with Crippen LogP contribution in [0.15, 0.2) is 55.1 Å². The summed E-state index contributed by atoms with van der Waals surface area (Å²) in [5, 5.41) is 3.13. The van der Waals surface area contributed by atoms with E-state index in [9.17, 15) is 0 Å². The Kier molecular flexibility index (Phi) is 3.28. The van der Waals surface area contributed by atoms with E-state index in [0.29, 0.717) is 11.9 Å². The van der Waals surface area contributed by atoms with E-state index in [0.717, 1.165) is 11.4 Å². The normalized spacial score (nSPS) is 10.2. The van der Waals surface area contributed by atoms with Crippen molar-refractivity contribution in [2.24, 2.45) is 0 Å². The lowest BCUT2D eigenvalue weighted by atomic mass is 10.3. The van der Waals surface area contributed by atoms with E-state index < -0.39 is 0 Å². The van der Waals surface area contributed by atoms with Gasteiger partial charge in [0.1, 0.15) is 12.1 Å². The fraction of sp³-hybridized carbons (Fsp3) is 0.0714. The highest BCUT2D eigenvalue weighted by molar-refractivity contribution is 5.62. The van der Waals surface area contributed by atoms with Gasteiger partial charge in [-0.25, -0.2) is 9.97 Å². The van der Waals surface area contributed by atoms with Crippen molar-refractivity contribution in [3.8, 4) is 11.7 Å². The van der Waals surface area contributed by atoms with Crippen molar-refractivity contribution in [2.45, 2.75) is 0 Å². The van der Waals surface area contributed by atoms with Gasteiger partial charge >= 0.3 is 0 Å². The van der Waals surface area contributed by atoms with Gasteiger partial charge in [-0.2, -0.15) is 4.98 Å². The number of methoxy groups -OCH3 is 1. The van der Waals surface area contributed by atoms with Gasteiger partial charge in [-0.15, -0.1) is 0 Å². The minimum atomic E-state index is 0.466. The number of para-hydroxylation sites is 2. The molecule has 0 aliphatic rings. The maximum atomic E-state index is 5.28. The van der Waals surface area contributed by atoms with E-state index in [1.165, 1.54) is 6.33 Å². The molecule has 0 radical (unpaired) electrons. The van der Waals surface area contributed by atoms with Crippen molar-refractivity contribution in [3.05, 3.63) is 55.1 Å². The monoisotopic (exact) mass is 267 g/mol. The summed E-state index contributed by atoms with van der Waals surface area (Å²) < 4.78 is 7.10. The molecule has 2 aromatic heterocycles. The Morgan fingerprint density at radius 2 is 1.85 bits per heavy atom. The molecule has 100 valence electrons. The van der Waals surface area contributed by atoms with Gasteiger partial charge in [0.2, 0.25) is 11.9 Å². The Balaban J connectivity index is 1.90. The second-order valence-electron chi connectivity index (χ2n) is 4.02. The first-order chi connectivity index (χ1) is 9.86. The van der Waals surface area contributed by atoms with Crippen LogP contribution in [0.25, 0.3) is 5.95 Å². The zero-order valence-corrected chi connectivity index (χ0v) is 10.9. The van der Waals surface area contributed by atoms with Gasteiger partial charge in [0.25, 0.3) is 0 Å². The Hall–Kier alpha value is -2.89. The van der Waals surface area contributed by atoms with Gasteiger partial charge in [0.05, 0.1) is 12.8 Å². The molecule has 0 saturated carbocycles. The third kappa shape index (κ3) is 2.44. The third-order valence-corrected chi connectivity index (χ3v) is 2.75. The van der Waals surface area contributed by atoms with E-state index in [-0.39, 0.29) is 0 Å². The van der Waals surface area contributed by atoms with E-state index in [1.54, 1.807) is 7.11 Å². The van der Waals surface area contributed by atoms with Crippen LogP contribution in [0.2, 0.25) is 0 Å². The quantitative estimate of drug-likeness (QED) is 0.786. The molecule has 1 aromatic carbocycles. The van der Waals surface area contributed by atoms with Gasteiger partial charge < -0.3 is 10.1 Å². The summed E-state index contributed by atoms with van der Waals surface area (Å²) in [6, 6.07) is 11.4. The summed E-state index contributed by atoms with van der Waals surface area (Å²) in [6.07, 6.45) is 5.23. The molecule has 0 saturated heterocycles. The van der Waals surface area contributed by atoms with Crippen LogP contribution in [0.3, 0.4) is 0 Å². The summed E-state index contributed by atoms with van der Waals surface area (Å²) in [5.74, 6) is 1.76. The predicted molar refractivity (Wildman–Crippen MR) is 75.4 cm³/mol. The zero-order valence-electron chi connectivity index (χ0n) is 10.9. The molecule has 0 aliphatic heterocycles. The summed E-state index contributed by atoms with van der Waals surface area (Å²) in [6.45, 7) is 0. The maximum absolute atomic E-state index is 5.28. The van der Waals surface area contributed by atoms with E-state index in [4.69, 9.17) is 4.74 Å². The van der Waals surface area contributed by atoms with Crippen LogP contribution in [0.1, 0.15) is 0 Å². The van der Waals surface area contributed by atoms with Crippen LogP contribution in [-0.2, 0) is 0 Å². The van der Waals surface area contributed by atoms with Gasteiger partial charge in [-0.1, -0.05) is 12.1 Å². The van der Waals surface area contributed by atoms with Crippen LogP contribution >= 0.6 is 0 Å². The van der Waals surface area contributed by atoms with E-state index in [1.807, 2.05) is 53.4 Å². The molecule has 1 N–H and O–H groups in total. The number of ether oxygens (including phenoxy) is 1. The molecule has 0 spiro atoms. The zero-order chi connectivity index (χ0) is 13.8. The Morgan fingerprint density at radius 1 is 1.05 bits per heavy atom. The van der Waals surface area contributed by atoms with Gasteiger partial charge in [0, 0.05) is 12.4 Å². The number of benzene rings is 1. The van der Waals surface area contributed by atoms with Crippen molar-refractivity contribution in [1.29, 1.82) is 0 Å². The lowest BCUT2D eigenvalue weighted by Gasteiger charge is -2.09. The molecule has 20 heavy (non-hydrogen) atoms. The summed E-state index contributed by atoms with van der Waals surface area (Å²) >= 11 is 0. The number of nitrogens with one attached hydrogen (secondary N) is 1. The van der Waals surface area contributed by atoms with E-state index in [2.05, 4.69) is 20.3 Å². The maximum Gasteiger partial charge on any atom is 0.238 e. The largest absolute Gasteiger partial charge is 0.495 e. The molecule has 0 amide bonds. The van der Waals surface area contributed by atoms with Gasteiger partial charge in [0.15, 0.2) is 0 Å². The highest BCUT2D eigenvalue weighted by Gasteiger charge is 2.05. The lowest BCUT2D eigenvalue weighted by molar-refractivity contribution is 0.417. The molecule has 0 bridgehead atoms. The summed E-state index contributed by atoms with van der Waals surface area (Å²) in [5.41, 5.74) is 0.805. The number of aromatic nitrogens is 4. The standard InChI is InChI=1S/C14H13N5O/c1-20-12-7-3-2-6-11(12)17-13-15-10-16-14(18-13)19-8-4-5-9-19/h2-10H,1H3,(H,15,16,17,18). The van der Waals surface area contributed by atoms with Crippen molar-refractivity contribution in [1.82, 2.24) is 19.5 Å². The molecule has 6 nitrogen and oxygen atoms in total. The molecule has 0 unspecified atom stereocenters. The average molecular weight is 267 g/mol. The van der Waals surface area contributed by atoms with Gasteiger partial charge in [-0.05, 0) is 24.3 Å². The molecular weight excluding hydrogens is 254 g/mol. The van der Waals surface area contributed by atoms with Crippen LogP contribution in [0.4, 0.5) is 11.6 Å². The van der Waals surface area contributed by atoms with Crippen molar-refractivity contribution >= 4 is 11.6 Å². The molecular formula is C14H13N5O. The number of anilines is 2. The van der Waals surface area contributed by atoms with E-state index >= 15 is 0 Å². The molecule has 0 atom stereocenters. The fourth-order valence-electron chi connectivity index (χ4n) is 1.81. The Bertz CT molecular complexity index is 696. The minimum Gasteiger partial charge on any atom is -0.495 e. The summed E-state index contributed by atoms with van der Waals surface area (Å²) in [4.78, 5) is 12.6. The second kappa shape index (κ2) is 5.40. The average Bonchev–Trinajstić information content (AvgIpc) is 3.02. The first kappa shape index (κ1) is 12.2. The van der Waals surface area contributed by atoms with Crippen molar-refractivity contribution in [3.63, 3.8) is 0 Å². The molecule has 3 aromatic rings. The number of nitrogens with zero attached hydrogens (tertiary/aromatic N) is 4. The van der Waals surface area contributed by atoms with Crippen LogP contribution in [0, 0.1) is 0 Å². The topological polar surface area (TPSA) is 64.9 Å². The fourth-order valence-corrected chi connectivity index (χ4v) is 1.81. The first-order valence-electron chi connectivity index (χ1n) is 6.09. The molecule has 3 rings (SSSR count). The highest BCUT2D eigenvalue weighted by atomic mass is 16.5. The number of hydrogen-bond acceptors (Lipinski definition) is 5. The molecule has 0 aliphatic carbocycles. The van der Waals surface area contributed by atoms with Crippen LogP contribution < -0.4 is 10.1 Å². The SMILES string of the molecule is COc1ccccc1Nc1ncnc(-n2cccc2)n1. The Morgan fingerprint density at radius 3 is 2.65 bits per heavy atom. The molecule has 0 fully saturated rings. The second-order valence-corrected chi connectivity index (χ2v) is 4.02. The molecule has 2 heterocycles. The minimum absolute atomic E-state index is 0.466. The first-order valence-corrected chi connectivity index (χ1v) is 6.09. The Labute approximate surface area is 116 Å². The third-order valence-electron chi connectivity index (χ3n) is 2.75. The lowest BCUT2D eigenvalue weighted by Crippen LogP contribution is -2.04. The highest BCUT2D eigenvalue weighted by Crippen LogP contribution is 2.25. The van der Waals surface area contributed by atoms with Crippen LogP contribution in [-0.4, -0.2) is 26.6 Å². The number of rotatable bonds is 4. The summed E-state index contributed by atoms with van der Waals surface area (Å²) in [7, 11) is 1.62.